The van der Waals surface area contributed by atoms with Gasteiger partial charge < -0.3 is 9.64 Å². The van der Waals surface area contributed by atoms with Crippen LogP contribution in [0.2, 0.25) is 5.02 Å². The number of aromatic nitrogens is 2. The number of rotatable bonds is 7. The van der Waals surface area contributed by atoms with Gasteiger partial charge in [-0.1, -0.05) is 61.0 Å². The number of nitrogens with zero attached hydrogens (tertiary/aromatic N) is 3. The molecule has 5 nitrogen and oxygen atoms in total. The summed E-state index contributed by atoms with van der Waals surface area (Å²) in [6.45, 7) is 2.37. The SMILES string of the molecule is CCC(=O)N(Cc1c(-c2ccccc2)nn(C)c1Oc1ccccc1Cl)C1CC1. The molecule has 0 atom stereocenters. The summed E-state index contributed by atoms with van der Waals surface area (Å²) in [4.78, 5) is 14.6. The molecule has 0 saturated heterocycles. The van der Waals surface area contributed by atoms with Gasteiger partial charge in [0.2, 0.25) is 11.8 Å². The maximum absolute atomic E-state index is 12.6. The molecule has 0 spiro atoms. The molecule has 1 amide bonds. The predicted molar refractivity (Wildman–Crippen MR) is 114 cm³/mol. The Balaban J connectivity index is 1.79. The summed E-state index contributed by atoms with van der Waals surface area (Å²) in [5, 5.41) is 5.27. The van der Waals surface area contributed by atoms with E-state index in [9.17, 15) is 4.79 Å². The van der Waals surface area contributed by atoms with Gasteiger partial charge in [-0.25, -0.2) is 4.68 Å². The van der Waals surface area contributed by atoms with Crippen LogP contribution in [0.4, 0.5) is 0 Å². The van der Waals surface area contributed by atoms with Gasteiger partial charge in [0.25, 0.3) is 0 Å². The van der Waals surface area contributed by atoms with E-state index < -0.39 is 0 Å². The van der Waals surface area contributed by atoms with Gasteiger partial charge in [0.15, 0.2) is 0 Å². The second-order valence-corrected chi connectivity index (χ2v) is 7.67. The van der Waals surface area contributed by atoms with E-state index in [1.54, 1.807) is 10.7 Å². The highest BCUT2D eigenvalue weighted by Crippen LogP contribution is 2.38. The van der Waals surface area contributed by atoms with Gasteiger partial charge in [-0.05, 0) is 25.0 Å². The van der Waals surface area contributed by atoms with Gasteiger partial charge in [0, 0.05) is 25.1 Å². The summed E-state index contributed by atoms with van der Waals surface area (Å²) in [5.41, 5.74) is 2.71. The lowest BCUT2D eigenvalue weighted by Crippen LogP contribution is -2.32. The molecule has 29 heavy (non-hydrogen) atoms. The van der Waals surface area contributed by atoms with Crippen LogP contribution in [0, 0.1) is 0 Å². The lowest BCUT2D eigenvalue weighted by Gasteiger charge is -2.22. The molecule has 0 aliphatic heterocycles. The van der Waals surface area contributed by atoms with Crippen molar-refractivity contribution in [2.24, 2.45) is 7.05 Å². The van der Waals surface area contributed by atoms with Gasteiger partial charge >= 0.3 is 0 Å². The highest BCUT2D eigenvalue weighted by Gasteiger charge is 2.34. The Morgan fingerprint density at radius 3 is 2.52 bits per heavy atom. The first-order valence-corrected chi connectivity index (χ1v) is 10.3. The summed E-state index contributed by atoms with van der Waals surface area (Å²) in [7, 11) is 1.85. The second kappa shape index (κ2) is 8.29. The van der Waals surface area contributed by atoms with Crippen molar-refractivity contribution in [2.75, 3.05) is 0 Å². The number of carbonyl (C=O) groups is 1. The molecule has 0 radical (unpaired) electrons. The Labute approximate surface area is 175 Å². The topological polar surface area (TPSA) is 47.4 Å². The Hall–Kier alpha value is -2.79. The van der Waals surface area contributed by atoms with E-state index in [2.05, 4.69) is 0 Å². The molecule has 1 saturated carbocycles. The zero-order valence-corrected chi connectivity index (χ0v) is 17.4. The van der Waals surface area contributed by atoms with Crippen LogP contribution in [0.3, 0.4) is 0 Å². The first-order valence-electron chi connectivity index (χ1n) is 9.91. The molecular weight excluding hydrogens is 386 g/mol. The van der Waals surface area contributed by atoms with Crippen molar-refractivity contribution < 1.29 is 9.53 Å². The Bertz CT molecular complexity index is 1010. The fourth-order valence-corrected chi connectivity index (χ4v) is 3.64. The average molecular weight is 410 g/mol. The van der Waals surface area contributed by atoms with Crippen molar-refractivity contribution in [1.82, 2.24) is 14.7 Å². The monoisotopic (exact) mass is 409 g/mol. The van der Waals surface area contributed by atoms with E-state index in [0.717, 1.165) is 29.7 Å². The minimum absolute atomic E-state index is 0.152. The quantitative estimate of drug-likeness (QED) is 0.522. The van der Waals surface area contributed by atoms with Gasteiger partial charge in [0.1, 0.15) is 11.4 Å². The van der Waals surface area contributed by atoms with Crippen LogP contribution in [0.15, 0.2) is 54.6 Å². The number of para-hydroxylation sites is 1. The lowest BCUT2D eigenvalue weighted by molar-refractivity contribution is -0.132. The van der Waals surface area contributed by atoms with Crippen LogP contribution >= 0.6 is 11.6 Å². The number of hydrogen-bond donors (Lipinski definition) is 0. The number of ether oxygens (including phenoxy) is 1. The van der Waals surface area contributed by atoms with Crippen LogP contribution in [0.25, 0.3) is 11.3 Å². The largest absolute Gasteiger partial charge is 0.437 e. The molecule has 1 aliphatic carbocycles. The Morgan fingerprint density at radius 1 is 1.17 bits per heavy atom. The molecule has 0 bridgehead atoms. The van der Waals surface area contributed by atoms with E-state index in [-0.39, 0.29) is 5.91 Å². The van der Waals surface area contributed by atoms with Gasteiger partial charge in [-0.2, -0.15) is 5.10 Å². The molecule has 2 aromatic carbocycles. The fourth-order valence-electron chi connectivity index (χ4n) is 3.46. The zero-order chi connectivity index (χ0) is 20.4. The highest BCUT2D eigenvalue weighted by molar-refractivity contribution is 6.32. The lowest BCUT2D eigenvalue weighted by atomic mass is 10.1. The molecule has 150 valence electrons. The number of benzene rings is 2. The van der Waals surface area contributed by atoms with Crippen molar-refractivity contribution in [2.45, 2.75) is 38.8 Å². The summed E-state index contributed by atoms with van der Waals surface area (Å²) >= 11 is 6.32. The molecule has 0 unspecified atom stereocenters. The van der Waals surface area contributed by atoms with Crippen molar-refractivity contribution in [1.29, 1.82) is 0 Å². The van der Waals surface area contributed by atoms with E-state index in [0.29, 0.717) is 35.7 Å². The summed E-state index contributed by atoms with van der Waals surface area (Å²) in [5.74, 6) is 1.32. The van der Waals surface area contributed by atoms with Crippen molar-refractivity contribution in [3.05, 3.63) is 65.2 Å². The smallest absolute Gasteiger partial charge is 0.223 e. The molecular formula is C23H24ClN3O2. The molecule has 1 aliphatic rings. The molecule has 0 N–H and O–H groups in total. The third-order valence-electron chi connectivity index (χ3n) is 5.12. The van der Waals surface area contributed by atoms with Crippen LogP contribution < -0.4 is 4.74 Å². The Morgan fingerprint density at radius 2 is 1.86 bits per heavy atom. The van der Waals surface area contributed by atoms with Crippen molar-refractivity contribution in [3.8, 4) is 22.9 Å². The van der Waals surface area contributed by atoms with Crippen LogP contribution in [0.1, 0.15) is 31.7 Å². The normalized spacial score (nSPS) is 13.3. The maximum Gasteiger partial charge on any atom is 0.223 e. The Kier molecular flexibility index (Phi) is 5.58. The fraction of sp³-hybridized carbons (Fsp3) is 0.304. The third kappa shape index (κ3) is 4.15. The molecule has 3 aromatic rings. The van der Waals surface area contributed by atoms with Crippen LogP contribution in [0.5, 0.6) is 11.6 Å². The summed E-state index contributed by atoms with van der Waals surface area (Å²) in [6.07, 6.45) is 2.58. The number of amides is 1. The molecule has 6 heteroatoms. The minimum Gasteiger partial charge on any atom is -0.437 e. The number of carbonyl (C=O) groups excluding carboxylic acids is 1. The molecule has 1 heterocycles. The summed E-state index contributed by atoms with van der Waals surface area (Å²) < 4.78 is 7.94. The van der Waals surface area contributed by atoms with E-state index in [4.69, 9.17) is 21.4 Å². The first-order chi connectivity index (χ1) is 14.1. The summed E-state index contributed by atoms with van der Waals surface area (Å²) in [6, 6.07) is 17.7. The van der Waals surface area contributed by atoms with Crippen LogP contribution in [-0.2, 0) is 18.4 Å². The first kappa shape index (κ1) is 19.5. The van der Waals surface area contributed by atoms with Crippen molar-refractivity contribution >= 4 is 17.5 Å². The predicted octanol–water partition coefficient (Wildman–Crippen LogP) is 5.43. The molecule has 4 rings (SSSR count). The molecule has 1 aromatic heterocycles. The van der Waals surface area contributed by atoms with E-state index in [1.165, 1.54) is 0 Å². The number of aryl methyl sites for hydroxylation is 1. The maximum atomic E-state index is 12.6. The molecule has 1 fully saturated rings. The number of halogens is 1. The van der Waals surface area contributed by atoms with Crippen LogP contribution in [-0.4, -0.2) is 26.6 Å². The zero-order valence-electron chi connectivity index (χ0n) is 16.6. The van der Waals surface area contributed by atoms with Crippen molar-refractivity contribution in [3.63, 3.8) is 0 Å². The number of hydrogen-bond acceptors (Lipinski definition) is 3. The van der Waals surface area contributed by atoms with Gasteiger partial charge in [-0.3, -0.25) is 4.79 Å². The van der Waals surface area contributed by atoms with Gasteiger partial charge in [-0.15, -0.1) is 0 Å². The van der Waals surface area contributed by atoms with Gasteiger partial charge in [0.05, 0.1) is 17.1 Å². The third-order valence-corrected chi connectivity index (χ3v) is 5.43. The van der Waals surface area contributed by atoms with E-state index in [1.807, 2.05) is 67.4 Å². The standard InChI is InChI=1S/C23H24ClN3O2/c1-3-21(28)27(17-13-14-17)15-18-22(16-9-5-4-6-10-16)25-26(2)23(18)29-20-12-8-7-11-19(20)24/h4-12,17H,3,13-15H2,1-2H3. The minimum atomic E-state index is 0.152. The van der Waals surface area contributed by atoms with E-state index >= 15 is 0 Å². The highest BCUT2D eigenvalue weighted by atomic mass is 35.5. The second-order valence-electron chi connectivity index (χ2n) is 7.26. The average Bonchev–Trinajstić information content (AvgIpc) is 3.54.